The van der Waals surface area contributed by atoms with Gasteiger partial charge in [-0.15, -0.1) is 0 Å². The normalized spacial score (nSPS) is 14.6. The molecule has 0 aliphatic rings. The van der Waals surface area contributed by atoms with Crippen LogP contribution in [-0.2, 0) is 19.7 Å². The summed E-state index contributed by atoms with van der Waals surface area (Å²) >= 11 is 0. The number of hydrogen-bond donors (Lipinski definition) is 1. The van der Waals surface area contributed by atoms with Crippen LogP contribution in [0.4, 0.5) is 0 Å². The molecule has 0 fully saturated rings. The molecule has 0 heterocycles. The maximum Gasteiger partial charge on any atom is 1.00 e. The average molecular weight is 368 g/mol. The van der Waals surface area contributed by atoms with E-state index in [4.69, 9.17) is 0 Å². The molecule has 0 radical (unpaired) electrons. The molecule has 23 heavy (non-hydrogen) atoms. The van der Waals surface area contributed by atoms with Gasteiger partial charge in [-0.2, -0.15) is 8.42 Å². The predicted molar refractivity (Wildman–Crippen MR) is 71.3 cm³/mol. The maximum absolute atomic E-state index is 11.7. The summed E-state index contributed by atoms with van der Waals surface area (Å²) in [6, 6.07) is 0. The number of carboxylic acid groups (broad SMARTS) is 2. The van der Waals surface area contributed by atoms with Crippen molar-refractivity contribution >= 4 is 22.1 Å². The van der Waals surface area contributed by atoms with Gasteiger partial charge in [-0.25, -0.2) is 0 Å². The van der Waals surface area contributed by atoms with Crippen molar-refractivity contribution in [3.8, 4) is 0 Å². The third-order valence-corrected chi connectivity index (χ3v) is 5.31. The number of carbonyl (C=O) groups excluding carboxylic acids is 2. The average Bonchev–Trinajstić information content (AvgIpc) is 2.22. The van der Waals surface area contributed by atoms with E-state index in [1.54, 1.807) is 27.7 Å². The number of hydrogen-bond acceptors (Lipinski definition) is 6. The van der Waals surface area contributed by atoms with Crippen LogP contribution in [0.25, 0.3) is 0 Å². The first-order valence-corrected chi connectivity index (χ1v) is 8.06. The molecule has 0 aliphatic heterocycles. The third kappa shape index (κ3) is 5.95. The van der Waals surface area contributed by atoms with E-state index in [0.29, 0.717) is 6.92 Å². The number of rotatable bonds is 8. The van der Waals surface area contributed by atoms with Gasteiger partial charge in [0.25, 0.3) is 10.1 Å². The second kappa shape index (κ2) is 10.1. The van der Waals surface area contributed by atoms with Gasteiger partial charge in [0.2, 0.25) is 0 Å². The second-order valence-electron chi connectivity index (χ2n) is 6.36. The van der Waals surface area contributed by atoms with Gasteiger partial charge in [-0.3, -0.25) is 4.55 Å². The molecule has 0 aliphatic carbocycles. The van der Waals surface area contributed by atoms with Crippen LogP contribution in [0.5, 0.6) is 0 Å². The molecule has 0 amide bonds. The zero-order chi connectivity index (χ0) is 17.2. The number of aliphatic carboxylic acids is 2. The van der Waals surface area contributed by atoms with Crippen molar-refractivity contribution in [1.82, 2.24) is 0 Å². The molecule has 0 spiro atoms. The standard InChI is InChI=1S/C13H24O7S.2Na/c1-8(2)6-13(11(16)17,7-9(3)4)12(5,10(14)15)21(18,19)20;;/h8-9H,6-7H2,1-5H3,(H,14,15)(H,16,17)(H,18,19,20);;/q;2*+1/p-2. The number of carboxylic acids is 2. The smallest absolute Gasteiger partial charge is 0.549 e. The molecule has 0 rings (SSSR count). The first kappa shape index (κ1) is 28.6. The molecular weight excluding hydrogens is 346 g/mol. The third-order valence-electron chi connectivity index (χ3n) is 3.72. The van der Waals surface area contributed by atoms with Gasteiger partial charge in [-0.1, -0.05) is 27.7 Å². The summed E-state index contributed by atoms with van der Waals surface area (Å²) in [5, 5.41) is 23.2. The van der Waals surface area contributed by atoms with Crippen LogP contribution in [0.3, 0.4) is 0 Å². The van der Waals surface area contributed by atoms with Crippen LogP contribution in [-0.4, -0.2) is 29.7 Å². The molecule has 7 nitrogen and oxygen atoms in total. The second-order valence-corrected chi connectivity index (χ2v) is 8.13. The van der Waals surface area contributed by atoms with Gasteiger partial charge < -0.3 is 19.8 Å². The van der Waals surface area contributed by atoms with E-state index >= 15 is 0 Å². The van der Waals surface area contributed by atoms with E-state index < -0.39 is 32.2 Å². The van der Waals surface area contributed by atoms with Crippen LogP contribution >= 0.6 is 0 Å². The largest absolute Gasteiger partial charge is 1.00 e. The fourth-order valence-corrected chi connectivity index (χ4v) is 3.73. The Morgan fingerprint density at radius 2 is 1.26 bits per heavy atom. The van der Waals surface area contributed by atoms with E-state index in [0.717, 1.165) is 0 Å². The zero-order valence-corrected chi connectivity index (χ0v) is 19.7. The Balaban J connectivity index is -0.00000200. The van der Waals surface area contributed by atoms with E-state index in [-0.39, 0.29) is 83.8 Å². The first-order valence-electron chi connectivity index (χ1n) is 6.62. The molecule has 0 bridgehead atoms. The molecular formula is C13H22Na2O7S. The van der Waals surface area contributed by atoms with Crippen molar-refractivity contribution in [2.45, 2.75) is 52.2 Å². The van der Waals surface area contributed by atoms with Gasteiger partial charge in [0.05, 0.1) is 5.97 Å². The minimum absolute atomic E-state index is 0. The summed E-state index contributed by atoms with van der Waals surface area (Å²) in [6.07, 6.45) is -0.560. The Hall–Kier alpha value is 0.850. The van der Waals surface area contributed by atoms with Crippen molar-refractivity contribution < 1.29 is 91.9 Å². The van der Waals surface area contributed by atoms with E-state index in [9.17, 15) is 32.8 Å². The molecule has 0 saturated carbocycles. The minimum atomic E-state index is -5.24. The molecule has 124 valence electrons. The fraction of sp³-hybridized carbons (Fsp3) is 0.846. The summed E-state index contributed by atoms with van der Waals surface area (Å²) in [4.78, 5) is 23.2. The minimum Gasteiger partial charge on any atom is -0.549 e. The zero-order valence-electron chi connectivity index (χ0n) is 14.9. The van der Waals surface area contributed by atoms with Crippen molar-refractivity contribution in [2.75, 3.05) is 0 Å². The monoisotopic (exact) mass is 368 g/mol. The van der Waals surface area contributed by atoms with Crippen LogP contribution in [0, 0.1) is 17.3 Å². The van der Waals surface area contributed by atoms with Gasteiger partial charge in [0, 0.05) is 11.4 Å². The summed E-state index contributed by atoms with van der Waals surface area (Å²) in [5.74, 6) is -4.64. The summed E-state index contributed by atoms with van der Waals surface area (Å²) < 4.78 is 29.7. The fourth-order valence-electron chi connectivity index (χ4n) is 2.78. The molecule has 0 aromatic rings. The van der Waals surface area contributed by atoms with Crippen LogP contribution in [0.15, 0.2) is 0 Å². The van der Waals surface area contributed by atoms with E-state index in [2.05, 4.69) is 0 Å². The molecule has 0 aromatic carbocycles. The quantitative estimate of drug-likeness (QED) is 0.332. The summed E-state index contributed by atoms with van der Waals surface area (Å²) in [7, 11) is -5.24. The SMILES string of the molecule is CC(C)CC(CC(C)C)(C(=O)[O-])C(C)(C(=O)[O-])S(=O)(=O)O.[Na+].[Na+]. The van der Waals surface area contributed by atoms with Crippen molar-refractivity contribution in [3.63, 3.8) is 0 Å². The Bertz CT molecular complexity index is 506. The van der Waals surface area contributed by atoms with Crippen LogP contribution < -0.4 is 69.3 Å². The van der Waals surface area contributed by atoms with E-state index in [1.807, 2.05) is 0 Å². The van der Waals surface area contributed by atoms with E-state index in [1.165, 1.54) is 0 Å². The van der Waals surface area contributed by atoms with Gasteiger partial charge >= 0.3 is 59.1 Å². The summed E-state index contributed by atoms with van der Waals surface area (Å²) in [6.45, 7) is 7.16. The Morgan fingerprint density at radius 3 is 1.39 bits per heavy atom. The summed E-state index contributed by atoms with van der Waals surface area (Å²) in [5.41, 5.74) is -2.29. The van der Waals surface area contributed by atoms with Gasteiger partial charge in [0.1, 0.15) is 4.75 Å². The van der Waals surface area contributed by atoms with Crippen LogP contribution in [0.2, 0.25) is 0 Å². The van der Waals surface area contributed by atoms with Gasteiger partial charge in [0.15, 0.2) is 0 Å². The molecule has 0 saturated heterocycles. The Labute approximate surface area is 181 Å². The molecule has 1 unspecified atom stereocenters. The van der Waals surface area contributed by atoms with Crippen LogP contribution in [0.1, 0.15) is 47.5 Å². The van der Waals surface area contributed by atoms with Crippen molar-refractivity contribution in [3.05, 3.63) is 0 Å². The van der Waals surface area contributed by atoms with Crippen molar-refractivity contribution in [1.29, 1.82) is 0 Å². The Kier molecular flexibility index (Phi) is 12.6. The predicted octanol–water partition coefficient (Wildman–Crippen LogP) is -6.78. The molecule has 1 N–H and O–H groups in total. The van der Waals surface area contributed by atoms with Gasteiger partial charge in [-0.05, 0) is 31.6 Å². The molecule has 1 atom stereocenters. The maximum atomic E-state index is 11.7. The van der Waals surface area contributed by atoms with Crippen molar-refractivity contribution in [2.24, 2.45) is 17.3 Å². The molecule has 0 aromatic heterocycles. The first-order chi connectivity index (χ1) is 9.22. The molecule has 10 heteroatoms. The Morgan fingerprint density at radius 1 is 0.957 bits per heavy atom. The number of carbonyl (C=O) groups is 2. The topological polar surface area (TPSA) is 135 Å².